The fraction of sp³-hybridized carbons (Fsp3) is 0.364. The maximum Gasteiger partial charge on any atom is 0.329 e. The summed E-state index contributed by atoms with van der Waals surface area (Å²) in [6, 6.07) is 7.89. The Kier molecular flexibility index (Phi) is 4.13. The van der Waals surface area contributed by atoms with E-state index in [2.05, 4.69) is 6.92 Å². The molecule has 0 fully saturated rings. The third-order valence-corrected chi connectivity index (χ3v) is 1.98. The second-order valence-corrected chi connectivity index (χ2v) is 3.01. The van der Waals surface area contributed by atoms with Crippen LogP contribution >= 0.6 is 0 Å². The summed E-state index contributed by atoms with van der Waals surface area (Å²) in [6.07, 6.45) is 0.937. The average molecular weight is 194 g/mol. The van der Waals surface area contributed by atoms with Gasteiger partial charge in [-0.1, -0.05) is 31.2 Å². The lowest BCUT2D eigenvalue weighted by atomic mass is 10.1. The van der Waals surface area contributed by atoms with Crippen molar-refractivity contribution in [3.8, 4) is 0 Å². The molecule has 0 heterocycles. The van der Waals surface area contributed by atoms with Gasteiger partial charge in [-0.2, -0.15) is 0 Å². The van der Waals surface area contributed by atoms with E-state index in [1.807, 2.05) is 24.3 Å². The molecule has 0 saturated heterocycles. The van der Waals surface area contributed by atoms with Crippen LogP contribution in [0.5, 0.6) is 0 Å². The lowest BCUT2D eigenvalue weighted by Gasteiger charge is -2.06. The van der Waals surface area contributed by atoms with Crippen molar-refractivity contribution < 1.29 is 14.6 Å². The first-order chi connectivity index (χ1) is 6.74. The number of rotatable bonds is 5. The van der Waals surface area contributed by atoms with Gasteiger partial charge < -0.3 is 9.84 Å². The molecule has 0 unspecified atom stereocenters. The molecule has 0 aliphatic rings. The van der Waals surface area contributed by atoms with E-state index in [0.29, 0.717) is 6.61 Å². The van der Waals surface area contributed by atoms with Crippen molar-refractivity contribution in [3.05, 3.63) is 35.4 Å². The molecule has 0 aliphatic heterocycles. The highest BCUT2D eigenvalue weighted by Gasteiger charge is 2.01. The Morgan fingerprint density at radius 1 is 1.36 bits per heavy atom. The maximum atomic E-state index is 10.2. The second-order valence-electron chi connectivity index (χ2n) is 3.01. The van der Waals surface area contributed by atoms with E-state index in [0.717, 1.165) is 12.0 Å². The Morgan fingerprint density at radius 2 is 2.00 bits per heavy atom. The predicted molar refractivity (Wildman–Crippen MR) is 53.1 cm³/mol. The number of carboxylic acid groups (broad SMARTS) is 1. The van der Waals surface area contributed by atoms with E-state index in [9.17, 15) is 4.79 Å². The van der Waals surface area contributed by atoms with Crippen LogP contribution in [0.1, 0.15) is 18.1 Å². The Bertz CT molecular complexity index is 307. The molecule has 1 N–H and O–H groups in total. The van der Waals surface area contributed by atoms with E-state index in [1.165, 1.54) is 5.56 Å². The summed E-state index contributed by atoms with van der Waals surface area (Å²) in [5.74, 6) is -0.932. The van der Waals surface area contributed by atoms with Crippen molar-refractivity contribution in [2.75, 3.05) is 6.61 Å². The van der Waals surface area contributed by atoms with Crippen LogP contribution in [0.3, 0.4) is 0 Å². The minimum Gasteiger partial charge on any atom is -0.480 e. The fourth-order valence-electron chi connectivity index (χ4n) is 1.29. The number of aliphatic carboxylic acids is 1. The van der Waals surface area contributed by atoms with Crippen molar-refractivity contribution in [3.63, 3.8) is 0 Å². The lowest BCUT2D eigenvalue weighted by Crippen LogP contribution is -2.07. The normalized spacial score (nSPS) is 10.1. The van der Waals surface area contributed by atoms with Gasteiger partial charge in [-0.25, -0.2) is 4.79 Å². The average Bonchev–Trinajstić information content (AvgIpc) is 2.18. The predicted octanol–water partition coefficient (Wildman–Crippen LogP) is 1.85. The summed E-state index contributed by atoms with van der Waals surface area (Å²) in [7, 11) is 0. The van der Waals surface area contributed by atoms with E-state index >= 15 is 0 Å². The van der Waals surface area contributed by atoms with E-state index in [4.69, 9.17) is 9.84 Å². The number of carbonyl (C=O) groups is 1. The number of carboxylic acids is 1. The smallest absolute Gasteiger partial charge is 0.329 e. The monoisotopic (exact) mass is 194 g/mol. The van der Waals surface area contributed by atoms with Gasteiger partial charge in [0.25, 0.3) is 0 Å². The van der Waals surface area contributed by atoms with E-state index in [-0.39, 0.29) is 6.61 Å². The molecule has 0 atom stereocenters. The van der Waals surface area contributed by atoms with Gasteiger partial charge in [0.2, 0.25) is 0 Å². The molecule has 0 aliphatic carbocycles. The zero-order valence-electron chi connectivity index (χ0n) is 8.19. The molecule has 0 saturated carbocycles. The Balaban J connectivity index is 2.53. The molecule has 3 heteroatoms. The zero-order chi connectivity index (χ0) is 10.4. The molecule has 14 heavy (non-hydrogen) atoms. The molecule has 0 radical (unpaired) electrons. The summed E-state index contributed by atoms with van der Waals surface area (Å²) in [5.41, 5.74) is 2.27. The minimum absolute atomic E-state index is 0.238. The van der Waals surface area contributed by atoms with Gasteiger partial charge in [0.1, 0.15) is 6.61 Å². The first kappa shape index (κ1) is 10.7. The lowest BCUT2D eigenvalue weighted by molar-refractivity contribution is -0.142. The Hall–Kier alpha value is -1.35. The molecule has 0 aromatic heterocycles. The standard InChI is InChI=1S/C11H14O3/c1-2-9-5-3-4-6-10(9)7-14-8-11(12)13/h3-6H,2,7-8H2,1H3,(H,12,13). The van der Waals surface area contributed by atoms with Crippen LogP contribution in [0, 0.1) is 0 Å². The van der Waals surface area contributed by atoms with Crippen molar-refractivity contribution in [2.45, 2.75) is 20.0 Å². The van der Waals surface area contributed by atoms with Crippen molar-refractivity contribution in [1.29, 1.82) is 0 Å². The van der Waals surface area contributed by atoms with E-state index < -0.39 is 5.97 Å². The molecular weight excluding hydrogens is 180 g/mol. The highest BCUT2D eigenvalue weighted by atomic mass is 16.5. The van der Waals surface area contributed by atoms with Crippen molar-refractivity contribution in [2.24, 2.45) is 0 Å². The molecule has 0 spiro atoms. The van der Waals surface area contributed by atoms with Crippen LogP contribution in [0.4, 0.5) is 0 Å². The zero-order valence-corrected chi connectivity index (χ0v) is 8.19. The molecular formula is C11H14O3. The molecule has 1 aromatic carbocycles. The van der Waals surface area contributed by atoms with E-state index in [1.54, 1.807) is 0 Å². The maximum absolute atomic E-state index is 10.2. The highest BCUT2D eigenvalue weighted by molar-refractivity contribution is 5.67. The number of hydrogen-bond donors (Lipinski definition) is 1. The molecule has 3 nitrogen and oxygen atoms in total. The number of ether oxygens (including phenoxy) is 1. The minimum atomic E-state index is -0.932. The third kappa shape index (κ3) is 3.18. The Labute approximate surface area is 83.3 Å². The van der Waals surface area contributed by atoms with Gasteiger partial charge in [-0.3, -0.25) is 0 Å². The first-order valence-corrected chi connectivity index (χ1v) is 4.60. The van der Waals surface area contributed by atoms with Gasteiger partial charge in [-0.05, 0) is 17.5 Å². The van der Waals surface area contributed by atoms with Crippen LogP contribution < -0.4 is 0 Å². The van der Waals surface area contributed by atoms with Gasteiger partial charge in [0.15, 0.2) is 0 Å². The van der Waals surface area contributed by atoms with Crippen LogP contribution in [-0.2, 0) is 22.6 Å². The Morgan fingerprint density at radius 3 is 2.57 bits per heavy atom. The topological polar surface area (TPSA) is 46.5 Å². The molecule has 1 aromatic rings. The second kappa shape index (κ2) is 5.40. The van der Waals surface area contributed by atoms with Gasteiger partial charge in [0.05, 0.1) is 6.61 Å². The van der Waals surface area contributed by atoms with Crippen molar-refractivity contribution in [1.82, 2.24) is 0 Å². The van der Waals surface area contributed by atoms with Crippen molar-refractivity contribution >= 4 is 5.97 Å². The number of benzene rings is 1. The molecule has 0 amide bonds. The van der Waals surface area contributed by atoms with Crippen LogP contribution in [0.15, 0.2) is 24.3 Å². The number of hydrogen-bond acceptors (Lipinski definition) is 2. The summed E-state index contributed by atoms with van der Waals surface area (Å²) in [6.45, 7) is 2.20. The third-order valence-electron chi connectivity index (χ3n) is 1.98. The fourth-order valence-corrected chi connectivity index (χ4v) is 1.29. The highest BCUT2D eigenvalue weighted by Crippen LogP contribution is 2.10. The van der Waals surface area contributed by atoms with Crippen LogP contribution in [-0.4, -0.2) is 17.7 Å². The molecule has 1 rings (SSSR count). The summed E-state index contributed by atoms with van der Waals surface area (Å²) < 4.78 is 5.02. The first-order valence-electron chi connectivity index (χ1n) is 4.60. The molecule has 0 bridgehead atoms. The van der Waals surface area contributed by atoms with Crippen LogP contribution in [0.25, 0.3) is 0 Å². The SMILES string of the molecule is CCc1ccccc1COCC(=O)O. The van der Waals surface area contributed by atoms with Crippen LogP contribution in [0.2, 0.25) is 0 Å². The molecule has 76 valence electrons. The summed E-state index contributed by atoms with van der Waals surface area (Å²) in [4.78, 5) is 10.2. The van der Waals surface area contributed by atoms with Gasteiger partial charge in [0, 0.05) is 0 Å². The summed E-state index contributed by atoms with van der Waals surface area (Å²) in [5, 5.41) is 8.39. The quantitative estimate of drug-likeness (QED) is 0.778. The number of aryl methyl sites for hydroxylation is 1. The largest absolute Gasteiger partial charge is 0.480 e. The summed E-state index contributed by atoms with van der Waals surface area (Å²) >= 11 is 0. The van der Waals surface area contributed by atoms with Gasteiger partial charge in [-0.15, -0.1) is 0 Å². The van der Waals surface area contributed by atoms with Gasteiger partial charge >= 0.3 is 5.97 Å².